The van der Waals surface area contributed by atoms with Crippen LogP contribution in [-0.4, -0.2) is 108 Å². The Bertz CT molecular complexity index is 1080. The van der Waals surface area contributed by atoms with Crippen molar-refractivity contribution in [3.8, 4) is 0 Å². The number of hydrogen-bond donors (Lipinski definition) is 3. The van der Waals surface area contributed by atoms with Crippen LogP contribution in [0.25, 0.3) is 0 Å². The predicted molar refractivity (Wildman–Crippen MR) is 168 cm³/mol. The number of carbonyl (C=O) groups excluding carboxylic acids is 3. The van der Waals surface area contributed by atoms with E-state index in [1.807, 2.05) is 53.6 Å². The SMILES string of the molecule is CC[C@H]1OC(=O)C[C@@H](O)[C@H](C)C(O[C@@H]2O[C@H](C)C[C@H](N(C)C)[C@H]2O)[C@@H](C/C=N/NC(C)=O)C[C@@H](C)C(=O)/C=C/[C@]2(C)O[C@H]2[C@@H]1C. The topological polar surface area (TPSA) is 160 Å². The molecule has 0 aromatic heterocycles. The number of fused-ring (bicyclic) bond motifs is 1. The molecule has 0 aliphatic carbocycles. The van der Waals surface area contributed by atoms with Gasteiger partial charge in [0.1, 0.15) is 17.8 Å². The summed E-state index contributed by atoms with van der Waals surface area (Å²) in [4.78, 5) is 39.9. The Morgan fingerprint density at radius 1 is 1.18 bits per heavy atom. The molecule has 0 aromatic rings. The van der Waals surface area contributed by atoms with Gasteiger partial charge in [0.25, 0.3) is 0 Å². The molecular weight excluding hydrogens is 582 g/mol. The van der Waals surface area contributed by atoms with Crippen LogP contribution in [0.2, 0.25) is 0 Å². The number of epoxide rings is 1. The summed E-state index contributed by atoms with van der Waals surface area (Å²) in [6, 6.07) is -0.228. The summed E-state index contributed by atoms with van der Waals surface area (Å²) in [6.45, 7) is 12.7. The molecule has 3 aliphatic heterocycles. The first kappa shape index (κ1) is 37.2. The molecule has 3 rings (SSSR count). The number of cyclic esters (lactones) is 1. The minimum Gasteiger partial charge on any atom is -0.462 e. The molecule has 0 aromatic carbocycles. The number of nitrogens with one attached hydrogen (secondary N) is 1. The molecule has 3 N–H and O–H groups in total. The predicted octanol–water partition coefficient (Wildman–Crippen LogP) is 2.59. The third-order valence-corrected chi connectivity index (χ3v) is 9.61. The molecule has 1 amide bonds. The standard InChI is InChI=1S/C33H55N3O9/c1-10-27-21(5)31-33(7,45-31)13-11-25(38)18(2)15-23(12-14-34-35-22(6)37)30(20(4)26(39)17-28(40)43-27)44-32-29(41)24(36(8)9)16-19(3)42-32/h11,13-14,18-21,23-24,26-27,29-32,39,41H,10,12,15-17H2,1-9H3,(H,35,37)/b13-11+,34-14+/t18-,19-,20+,21-,23+,24+,26-,27-,29-,30?,31+,32+,33+/m1/s1. The molecule has 2 fully saturated rings. The third-order valence-electron chi connectivity index (χ3n) is 9.61. The number of aliphatic hydroxyl groups is 2. The molecule has 12 nitrogen and oxygen atoms in total. The van der Waals surface area contributed by atoms with E-state index in [0.29, 0.717) is 19.3 Å². The summed E-state index contributed by atoms with van der Waals surface area (Å²) in [7, 11) is 3.77. The molecule has 1 unspecified atom stereocenters. The quantitative estimate of drug-likeness (QED) is 0.164. The maximum Gasteiger partial charge on any atom is 0.308 e. The summed E-state index contributed by atoms with van der Waals surface area (Å²) in [5.41, 5.74) is 1.75. The van der Waals surface area contributed by atoms with E-state index in [0.717, 1.165) is 0 Å². The van der Waals surface area contributed by atoms with Crippen molar-refractivity contribution in [3.63, 3.8) is 0 Å². The van der Waals surface area contributed by atoms with Gasteiger partial charge in [-0.3, -0.25) is 14.4 Å². The lowest BCUT2D eigenvalue weighted by atomic mass is 9.79. The van der Waals surface area contributed by atoms with E-state index in [2.05, 4.69) is 10.5 Å². The second kappa shape index (κ2) is 16.1. The van der Waals surface area contributed by atoms with Crippen molar-refractivity contribution in [3.05, 3.63) is 12.2 Å². The third kappa shape index (κ3) is 9.89. The van der Waals surface area contributed by atoms with Gasteiger partial charge >= 0.3 is 5.97 Å². The fourth-order valence-corrected chi connectivity index (χ4v) is 6.70. The number of ketones is 1. The normalized spacial score (nSPS) is 42.7. The number of esters is 1. The molecule has 3 heterocycles. The van der Waals surface area contributed by atoms with Crippen LogP contribution >= 0.6 is 0 Å². The van der Waals surface area contributed by atoms with Gasteiger partial charge in [-0.15, -0.1) is 0 Å². The zero-order valence-corrected chi connectivity index (χ0v) is 28.3. The fraction of sp³-hybridized carbons (Fsp3) is 0.818. The number of carbonyl (C=O) groups is 3. The van der Waals surface area contributed by atoms with Gasteiger partial charge in [0.2, 0.25) is 5.91 Å². The van der Waals surface area contributed by atoms with Crippen LogP contribution in [-0.2, 0) is 33.3 Å². The molecule has 0 spiro atoms. The minimum atomic E-state index is -1.16. The number of aliphatic hydroxyl groups excluding tert-OH is 2. The zero-order chi connectivity index (χ0) is 33.6. The Labute approximate surface area is 267 Å². The second-order valence-corrected chi connectivity index (χ2v) is 13.7. The molecule has 2 saturated heterocycles. The van der Waals surface area contributed by atoms with Crippen molar-refractivity contribution in [1.29, 1.82) is 0 Å². The zero-order valence-electron chi connectivity index (χ0n) is 28.3. The number of likely N-dealkylation sites (N-methyl/N-ethyl adjacent to an activating group) is 1. The maximum absolute atomic E-state index is 13.4. The van der Waals surface area contributed by atoms with E-state index in [1.54, 1.807) is 25.3 Å². The van der Waals surface area contributed by atoms with Crippen LogP contribution in [0.3, 0.4) is 0 Å². The van der Waals surface area contributed by atoms with Gasteiger partial charge in [-0.05, 0) is 71.7 Å². The number of amides is 1. The van der Waals surface area contributed by atoms with Crippen LogP contribution in [0.5, 0.6) is 0 Å². The summed E-state index contributed by atoms with van der Waals surface area (Å²) < 4.78 is 24.5. The highest BCUT2D eigenvalue weighted by atomic mass is 16.7. The minimum absolute atomic E-state index is 0.0883. The Kier molecular flexibility index (Phi) is 13.3. The first-order valence-electron chi connectivity index (χ1n) is 16.3. The number of allylic oxidation sites excluding steroid dienone is 1. The summed E-state index contributed by atoms with van der Waals surface area (Å²) >= 11 is 0. The average molecular weight is 638 g/mol. The van der Waals surface area contributed by atoms with Crippen LogP contribution in [0.15, 0.2) is 17.3 Å². The molecule has 12 heteroatoms. The van der Waals surface area contributed by atoms with Crippen molar-refractivity contribution >= 4 is 23.9 Å². The Balaban J connectivity index is 2.01. The highest BCUT2D eigenvalue weighted by Crippen LogP contribution is 2.45. The smallest absolute Gasteiger partial charge is 0.308 e. The van der Waals surface area contributed by atoms with Gasteiger partial charge in [0, 0.05) is 36.9 Å². The van der Waals surface area contributed by atoms with Gasteiger partial charge in [0.15, 0.2) is 12.1 Å². The highest BCUT2D eigenvalue weighted by Gasteiger charge is 2.55. The van der Waals surface area contributed by atoms with Crippen molar-refractivity contribution in [2.24, 2.45) is 28.8 Å². The highest BCUT2D eigenvalue weighted by molar-refractivity contribution is 5.91. The van der Waals surface area contributed by atoms with Gasteiger partial charge < -0.3 is 34.1 Å². The van der Waals surface area contributed by atoms with Crippen LogP contribution in [0.1, 0.15) is 80.6 Å². The Morgan fingerprint density at radius 2 is 1.87 bits per heavy atom. The van der Waals surface area contributed by atoms with E-state index >= 15 is 0 Å². The fourth-order valence-electron chi connectivity index (χ4n) is 6.70. The maximum atomic E-state index is 13.4. The summed E-state index contributed by atoms with van der Waals surface area (Å²) in [5, 5.41) is 26.7. The molecule has 0 radical (unpaired) electrons. The molecule has 0 saturated carbocycles. The van der Waals surface area contributed by atoms with Gasteiger partial charge in [-0.1, -0.05) is 27.7 Å². The molecule has 0 bridgehead atoms. The van der Waals surface area contributed by atoms with Crippen molar-refractivity contribution in [1.82, 2.24) is 10.3 Å². The number of hydrogen-bond acceptors (Lipinski definition) is 11. The summed E-state index contributed by atoms with van der Waals surface area (Å²) in [5.74, 6) is -2.57. The monoisotopic (exact) mass is 637 g/mol. The lowest BCUT2D eigenvalue weighted by molar-refractivity contribution is -0.282. The largest absolute Gasteiger partial charge is 0.462 e. The molecule has 45 heavy (non-hydrogen) atoms. The Morgan fingerprint density at radius 3 is 2.49 bits per heavy atom. The average Bonchev–Trinajstić information content (AvgIpc) is 3.65. The molecule has 13 atom stereocenters. The van der Waals surface area contributed by atoms with Crippen molar-refractivity contribution in [2.45, 2.75) is 135 Å². The molecule has 3 aliphatic rings. The van der Waals surface area contributed by atoms with Crippen molar-refractivity contribution in [2.75, 3.05) is 14.1 Å². The van der Waals surface area contributed by atoms with Crippen LogP contribution in [0, 0.1) is 23.7 Å². The number of nitrogens with zero attached hydrogens (tertiary/aromatic N) is 2. The van der Waals surface area contributed by atoms with E-state index in [1.165, 1.54) is 6.92 Å². The van der Waals surface area contributed by atoms with Crippen molar-refractivity contribution < 1.29 is 43.5 Å². The van der Waals surface area contributed by atoms with E-state index in [4.69, 9.17) is 18.9 Å². The van der Waals surface area contributed by atoms with Crippen LogP contribution in [0.4, 0.5) is 0 Å². The van der Waals surface area contributed by atoms with Gasteiger partial charge in [-0.2, -0.15) is 5.10 Å². The number of ether oxygens (including phenoxy) is 4. The van der Waals surface area contributed by atoms with Crippen LogP contribution < -0.4 is 5.43 Å². The lowest BCUT2D eigenvalue weighted by Crippen LogP contribution is -2.56. The summed E-state index contributed by atoms with van der Waals surface area (Å²) in [6.07, 6.45) is 1.63. The van der Waals surface area contributed by atoms with E-state index in [9.17, 15) is 24.6 Å². The van der Waals surface area contributed by atoms with E-state index < -0.39 is 60.0 Å². The first-order valence-corrected chi connectivity index (χ1v) is 16.3. The number of rotatable bonds is 7. The number of hydrazone groups is 1. The Hall–Kier alpha value is -2.22. The lowest BCUT2D eigenvalue weighted by Gasteiger charge is -2.44. The second-order valence-electron chi connectivity index (χ2n) is 13.7. The first-order chi connectivity index (χ1) is 21.1. The van der Waals surface area contributed by atoms with Gasteiger partial charge in [-0.25, -0.2) is 5.43 Å². The molecular formula is C33H55N3O9. The van der Waals surface area contributed by atoms with Gasteiger partial charge in [0.05, 0.1) is 30.8 Å². The molecule has 256 valence electrons. The van der Waals surface area contributed by atoms with E-state index in [-0.39, 0.29) is 48.7 Å².